The summed E-state index contributed by atoms with van der Waals surface area (Å²) in [5.41, 5.74) is 5.65. The van der Waals surface area contributed by atoms with Crippen LogP contribution in [0.5, 0.6) is 0 Å². The zero-order valence-electron chi connectivity index (χ0n) is 54.9. The fourth-order valence-electron chi connectivity index (χ4n) is 9.83. The van der Waals surface area contributed by atoms with Gasteiger partial charge < -0.3 is 61.1 Å². The first-order chi connectivity index (χ1) is 38.2. The van der Waals surface area contributed by atoms with E-state index in [1.165, 1.54) is 87.7 Å². The van der Waals surface area contributed by atoms with Crippen molar-refractivity contribution in [3.05, 3.63) is 12.2 Å². The summed E-state index contributed by atoms with van der Waals surface area (Å²) in [4.78, 5) is 162. The van der Waals surface area contributed by atoms with Gasteiger partial charge in [0.25, 0.3) is 0 Å². The molecule has 0 saturated carbocycles. The Morgan fingerprint density at radius 1 is 0.482 bits per heavy atom. The summed E-state index contributed by atoms with van der Waals surface area (Å²) < 4.78 is 0. The Labute approximate surface area is 496 Å². The first-order valence-electron chi connectivity index (χ1n) is 29.6. The number of nitrogens with two attached hydrogens (primary N) is 1. The molecule has 0 fully saturated rings. The molecule has 11 amide bonds. The van der Waals surface area contributed by atoms with Gasteiger partial charge in [-0.3, -0.25) is 52.7 Å². The van der Waals surface area contributed by atoms with Crippen molar-refractivity contribution in [1.82, 2.24) is 50.2 Å². The minimum atomic E-state index is -1.60. The van der Waals surface area contributed by atoms with Crippen LogP contribution < -0.4 is 21.7 Å². The molecule has 0 aliphatic rings. The van der Waals surface area contributed by atoms with E-state index in [2.05, 4.69) is 16.0 Å². The van der Waals surface area contributed by atoms with E-state index >= 15 is 9.59 Å². The van der Waals surface area contributed by atoms with Gasteiger partial charge in [0.2, 0.25) is 65.0 Å². The predicted molar refractivity (Wildman–Crippen MR) is 321 cm³/mol. The predicted octanol–water partition coefficient (Wildman–Crippen LogP) is 2.87. The molecule has 83 heavy (non-hydrogen) atoms. The van der Waals surface area contributed by atoms with E-state index in [1.54, 1.807) is 67.5 Å². The SMILES string of the molecule is C/C=C/C[C@@H](C)[C@H](O)C(C(=O)N[C@H](CC)C(=O)N(C)CC(=O)N(C)[C@H](C(N)=O)C(C)CC)N(C)C(=O)[C@H](C(C)C)N(C)C(=O)[C@@H](CC(C)C)N(C)C(=O)[C@@H](CC(C)C)N(C)C(=O)[C@H](C)NC(=O)[C@@H](C)NC(=O)[C@H](C)N(C)C(=O)[C@H](C)C(C)C. The van der Waals surface area contributed by atoms with Gasteiger partial charge in [-0.15, -0.1) is 0 Å². The molecule has 0 rings (SSSR count). The van der Waals surface area contributed by atoms with Crippen LogP contribution in [0.1, 0.15) is 150 Å². The van der Waals surface area contributed by atoms with Crippen molar-refractivity contribution in [1.29, 1.82) is 0 Å². The number of carbonyl (C=O) groups excluding carboxylic acids is 11. The van der Waals surface area contributed by atoms with Crippen LogP contribution in [0, 0.1) is 41.4 Å². The second-order valence-corrected chi connectivity index (χ2v) is 24.5. The maximum atomic E-state index is 15.1. The van der Waals surface area contributed by atoms with E-state index < -0.39 is 138 Å². The number of rotatable bonds is 34. The van der Waals surface area contributed by atoms with Gasteiger partial charge in [0, 0.05) is 55.3 Å². The Kier molecular flexibility index (Phi) is 32.6. The van der Waals surface area contributed by atoms with Crippen molar-refractivity contribution in [2.24, 2.45) is 47.2 Å². The summed E-state index contributed by atoms with van der Waals surface area (Å²) in [5.74, 6) is -8.82. The number of allylic oxidation sites excluding steroid dienone is 2. The van der Waals surface area contributed by atoms with E-state index in [0.717, 1.165) is 9.80 Å². The van der Waals surface area contributed by atoms with Gasteiger partial charge in [0.05, 0.1) is 12.6 Å². The third kappa shape index (κ3) is 21.8. The van der Waals surface area contributed by atoms with E-state index in [-0.39, 0.29) is 54.8 Å². The van der Waals surface area contributed by atoms with E-state index in [0.29, 0.717) is 12.8 Å². The van der Waals surface area contributed by atoms with Crippen LogP contribution in [-0.4, -0.2) is 221 Å². The smallest absolute Gasteiger partial charge is 0.246 e. The number of likely N-dealkylation sites (N-methyl/N-ethyl adjacent to an activating group) is 7. The summed E-state index contributed by atoms with van der Waals surface area (Å²) >= 11 is 0. The fraction of sp³-hybridized carbons (Fsp3) is 0.783. The van der Waals surface area contributed by atoms with Crippen LogP contribution in [0.4, 0.5) is 0 Å². The highest BCUT2D eigenvalue weighted by Crippen LogP contribution is 2.25. The standard InChI is InChI=1S/C60H109N11O12/c1-25-28-29-38(13)50(73)49(54(77)64-43(27-3)57(80)65(18)32-46(72)69(22)48(51(61)74)37(12)26-2)71(24)60(83)47(36(10)11)70(23)59(82)45(31-34(6)7)68(21)58(81)44(30-33(4)5)67(20)56(79)41(16)63-52(75)40(15)62-53(76)42(17)66(19)55(78)39(14)35(8)9/h25,28,33-45,47-50,73H,26-27,29-32H2,1-24H3,(H2,61,74)(H,62,76)(H,63,75)(H,64,77)/b28-25+/t37?,38-,39-,40-,41+,42+,43-,44-,45-,47+,48+,49?,50+/m1/s1. The highest BCUT2D eigenvalue weighted by atomic mass is 16.3. The molecular weight excluding hydrogens is 1070 g/mol. The minimum absolute atomic E-state index is 0.0451. The molecule has 2 unspecified atom stereocenters. The van der Waals surface area contributed by atoms with E-state index in [4.69, 9.17) is 5.73 Å². The summed E-state index contributed by atoms with van der Waals surface area (Å²) in [5, 5.41) is 20.0. The van der Waals surface area contributed by atoms with Gasteiger partial charge in [0.15, 0.2) is 0 Å². The lowest BCUT2D eigenvalue weighted by molar-refractivity contribution is -0.157. The number of hydrogen-bond acceptors (Lipinski definition) is 12. The van der Waals surface area contributed by atoms with Gasteiger partial charge in [-0.05, 0) is 88.9 Å². The highest BCUT2D eigenvalue weighted by Gasteiger charge is 2.45. The molecule has 0 spiro atoms. The Balaban J connectivity index is 7.01. The molecule has 13 atom stereocenters. The Hall–Kier alpha value is -6.13. The molecule has 6 N–H and O–H groups in total. The lowest BCUT2D eigenvalue weighted by atomic mass is 9.91. The highest BCUT2D eigenvalue weighted by molar-refractivity contribution is 5.98. The summed E-state index contributed by atoms with van der Waals surface area (Å²) in [6.45, 7) is 29.3. The number of hydrogen-bond donors (Lipinski definition) is 5. The molecule has 0 saturated heterocycles. The Bertz CT molecular complexity index is 2240. The largest absolute Gasteiger partial charge is 0.390 e. The van der Waals surface area contributed by atoms with Crippen LogP contribution in [0.25, 0.3) is 0 Å². The summed E-state index contributed by atoms with van der Waals surface area (Å²) in [7, 11) is 10.0. The molecule has 476 valence electrons. The maximum Gasteiger partial charge on any atom is 0.246 e. The number of nitrogens with zero attached hydrogens (tertiary/aromatic N) is 7. The minimum Gasteiger partial charge on any atom is -0.390 e. The lowest BCUT2D eigenvalue weighted by Gasteiger charge is -2.41. The normalized spacial score (nSPS) is 16.4. The number of aliphatic hydroxyl groups excluding tert-OH is 1. The number of primary amides is 1. The molecule has 0 heterocycles. The van der Waals surface area contributed by atoms with Gasteiger partial charge in [-0.1, -0.05) is 109 Å². The third-order valence-electron chi connectivity index (χ3n) is 16.2. The molecule has 0 aliphatic carbocycles. The summed E-state index contributed by atoms with van der Waals surface area (Å²) in [6, 6.07) is -10.5. The van der Waals surface area contributed by atoms with Crippen LogP contribution in [0.3, 0.4) is 0 Å². The number of aliphatic hydroxyl groups is 1. The van der Waals surface area contributed by atoms with Crippen molar-refractivity contribution < 1.29 is 57.8 Å². The van der Waals surface area contributed by atoms with Crippen LogP contribution in [0.2, 0.25) is 0 Å². The number of nitrogens with one attached hydrogen (secondary N) is 3. The molecular formula is C60H109N11O12. The first kappa shape index (κ1) is 76.9. The molecule has 23 nitrogen and oxygen atoms in total. The zero-order valence-corrected chi connectivity index (χ0v) is 54.9. The molecule has 0 bridgehead atoms. The molecule has 0 aromatic rings. The van der Waals surface area contributed by atoms with Crippen molar-refractivity contribution in [2.45, 2.75) is 210 Å². The van der Waals surface area contributed by atoms with Gasteiger partial charge in [0.1, 0.15) is 54.4 Å². The Morgan fingerprint density at radius 3 is 1.39 bits per heavy atom. The second-order valence-electron chi connectivity index (χ2n) is 24.5. The molecule has 0 aromatic heterocycles. The lowest BCUT2D eigenvalue weighted by Crippen LogP contribution is -2.63. The van der Waals surface area contributed by atoms with Crippen LogP contribution >= 0.6 is 0 Å². The number of carbonyl (C=O) groups is 11. The average molecular weight is 1180 g/mol. The topological polar surface area (TPSA) is 293 Å². The van der Waals surface area contributed by atoms with Crippen LogP contribution in [0.15, 0.2) is 12.2 Å². The Morgan fingerprint density at radius 2 is 0.952 bits per heavy atom. The molecule has 0 radical (unpaired) electrons. The van der Waals surface area contributed by atoms with Crippen molar-refractivity contribution >= 4 is 65.0 Å². The average Bonchev–Trinajstić information content (AvgIpc) is 3.42. The van der Waals surface area contributed by atoms with Crippen molar-refractivity contribution in [3.63, 3.8) is 0 Å². The van der Waals surface area contributed by atoms with Crippen LogP contribution in [-0.2, 0) is 52.7 Å². The second kappa shape index (κ2) is 35.2. The zero-order chi connectivity index (χ0) is 65.0. The van der Waals surface area contributed by atoms with Crippen molar-refractivity contribution in [2.75, 3.05) is 55.9 Å². The molecule has 0 aromatic carbocycles. The maximum absolute atomic E-state index is 15.1. The fourth-order valence-corrected chi connectivity index (χ4v) is 9.83. The van der Waals surface area contributed by atoms with Gasteiger partial charge in [-0.25, -0.2) is 0 Å². The van der Waals surface area contributed by atoms with Gasteiger partial charge >= 0.3 is 0 Å². The first-order valence-corrected chi connectivity index (χ1v) is 29.6. The monoisotopic (exact) mass is 1180 g/mol. The third-order valence-corrected chi connectivity index (χ3v) is 16.2. The quantitative estimate of drug-likeness (QED) is 0.0582. The van der Waals surface area contributed by atoms with Crippen molar-refractivity contribution in [3.8, 4) is 0 Å². The van der Waals surface area contributed by atoms with E-state index in [9.17, 15) is 48.3 Å². The number of amides is 11. The van der Waals surface area contributed by atoms with E-state index in [1.807, 2.05) is 48.5 Å². The molecule has 23 heteroatoms. The summed E-state index contributed by atoms with van der Waals surface area (Å²) in [6.07, 6.45) is 3.33. The van der Waals surface area contributed by atoms with Gasteiger partial charge in [-0.2, -0.15) is 0 Å². The molecule has 0 aliphatic heterocycles.